The van der Waals surface area contributed by atoms with Gasteiger partial charge in [0.15, 0.2) is 0 Å². The molecular weight excluding hydrogens is 368 g/mol. The smallest absolute Gasteiger partial charge is 0.255 e. The van der Waals surface area contributed by atoms with Gasteiger partial charge >= 0.3 is 0 Å². The number of amides is 2. The van der Waals surface area contributed by atoms with Crippen molar-refractivity contribution >= 4 is 11.8 Å². The molecule has 0 radical (unpaired) electrons. The van der Waals surface area contributed by atoms with Crippen LogP contribution in [0.15, 0.2) is 30.9 Å². The number of carbonyl (C=O) groups excluding carboxylic acids is 2. The molecule has 29 heavy (non-hydrogen) atoms. The van der Waals surface area contributed by atoms with Gasteiger partial charge in [-0.25, -0.2) is 9.97 Å². The summed E-state index contributed by atoms with van der Waals surface area (Å²) in [5.41, 5.74) is 1.96. The lowest BCUT2D eigenvalue weighted by atomic mass is 9.72. The lowest BCUT2D eigenvalue weighted by molar-refractivity contribution is -0.138. The first-order valence-corrected chi connectivity index (χ1v) is 9.99. The maximum Gasteiger partial charge on any atom is 0.255 e. The van der Waals surface area contributed by atoms with E-state index in [1.165, 1.54) is 6.20 Å². The van der Waals surface area contributed by atoms with Crippen LogP contribution >= 0.6 is 0 Å². The number of likely N-dealkylation sites (tertiary alicyclic amines) is 2. The van der Waals surface area contributed by atoms with E-state index in [2.05, 4.69) is 15.0 Å². The molecule has 4 rings (SSSR count). The van der Waals surface area contributed by atoms with Crippen molar-refractivity contribution < 1.29 is 9.59 Å². The molecule has 0 aromatic carbocycles. The monoisotopic (exact) mass is 392 g/mol. The average molecular weight is 392 g/mol. The van der Waals surface area contributed by atoms with E-state index in [0.717, 1.165) is 37.9 Å². The summed E-state index contributed by atoms with van der Waals surface area (Å²) in [4.78, 5) is 40.1. The number of hydrogen-bond acceptors (Lipinski definition) is 5. The van der Waals surface area contributed by atoms with Gasteiger partial charge in [-0.3, -0.25) is 9.59 Å². The van der Waals surface area contributed by atoms with E-state index in [4.69, 9.17) is 5.26 Å². The summed E-state index contributed by atoms with van der Waals surface area (Å²) < 4.78 is 0. The topological polar surface area (TPSA) is 106 Å². The number of aromatic nitrogens is 3. The van der Waals surface area contributed by atoms with Gasteiger partial charge in [-0.15, -0.1) is 0 Å². The van der Waals surface area contributed by atoms with Gasteiger partial charge in [0, 0.05) is 57.1 Å². The summed E-state index contributed by atoms with van der Waals surface area (Å²) in [6, 6.07) is 5.20. The minimum atomic E-state index is -0.0418. The molecule has 0 atom stereocenters. The predicted molar refractivity (Wildman–Crippen MR) is 105 cm³/mol. The third-order valence-corrected chi connectivity index (χ3v) is 6.19. The van der Waals surface area contributed by atoms with E-state index >= 15 is 0 Å². The highest BCUT2D eigenvalue weighted by Gasteiger charge is 2.41. The molecule has 0 bridgehead atoms. The first-order valence-electron chi connectivity index (χ1n) is 9.99. The second-order valence-corrected chi connectivity index (χ2v) is 7.98. The van der Waals surface area contributed by atoms with Gasteiger partial charge in [0.25, 0.3) is 5.91 Å². The molecule has 2 aliphatic rings. The zero-order chi connectivity index (χ0) is 20.3. The molecule has 0 aliphatic carbocycles. The fourth-order valence-corrected chi connectivity index (χ4v) is 4.34. The third-order valence-electron chi connectivity index (χ3n) is 6.19. The van der Waals surface area contributed by atoms with Crippen molar-refractivity contribution in [1.29, 1.82) is 5.26 Å². The van der Waals surface area contributed by atoms with E-state index in [1.807, 2.05) is 15.9 Å². The Morgan fingerprint density at radius 3 is 2.72 bits per heavy atom. The van der Waals surface area contributed by atoms with Gasteiger partial charge in [0.2, 0.25) is 5.91 Å². The van der Waals surface area contributed by atoms with E-state index in [1.54, 1.807) is 24.7 Å². The predicted octanol–water partition coefficient (Wildman–Crippen LogP) is 1.76. The van der Waals surface area contributed by atoms with Crippen molar-refractivity contribution in [2.75, 3.05) is 26.2 Å². The van der Waals surface area contributed by atoms with Crippen molar-refractivity contribution in [2.24, 2.45) is 5.41 Å². The fraction of sp³-hybridized carbons (Fsp3) is 0.476. The number of imidazole rings is 1. The second-order valence-electron chi connectivity index (χ2n) is 7.98. The molecule has 1 spiro atoms. The number of hydrogen-bond donors (Lipinski definition) is 1. The van der Waals surface area contributed by atoms with Crippen LogP contribution in [-0.4, -0.2) is 62.7 Å². The van der Waals surface area contributed by atoms with Crippen LogP contribution in [0.2, 0.25) is 0 Å². The number of carbonyl (C=O) groups is 2. The fourth-order valence-electron chi connectivity index (χ4n) is 4.34. The Morgan fingerprint density at radius 2 is 2.07 bits per heavy atom. The Labute approximate surface area is 169 Å². The molecule has 0 saturated carbocycles. The van der Waals surface area contributed by atoms with E-state index < -0.39 is 0 Å². The minimum absolute atomic E-state index is 0.0418. The van der Waals surface area contributed by atoms with Crippen LogP contribution in [0.25, 0.3) is 0 Å². The lowest BCUT2D eigenvalue weighted by Crippen LogP contribution is -2.52. The summed E-state index contributed by atoms with van der Waals surface area (Å²) in [6.45, 7) is 2.82. The van der Waals surface area contributed by atoms with E-state index in [-0.39, 0.29) is 17.2 Å². The number of nitrogens with one attached hydrogen (secondary N) is 1. The van der Waals surface area contributed by atoms with Gasteiger partial charge in [-0.1, -0.05) is 0 Å². The highest BCUT2D eigenvalue weighted by Crippen LogP contribution is 2.40. The number of H-pyrrole nitrogens is 1. The average Bonchev–Trinajstić information content (AvgIpc) is 3.28. The Bertz CT molecular complexity index is 908. The number of aromatic amines is 1. The van der Waals surface area contributed by atoms with Crippen molar-refractivity contribution in [3.05, 3.63) is 47.8 Å². The zero-order valence-corrected chi connectivity index (χ0v) is 16.3. The molecule has 2 aliphatic heterocycles. The van der Waals surface area contributed by atoms with Gasteiger partial charge in [-0.2, -0.15) is 5.26 Å². The molecule has 150 valence electrons. The van der Waals surface area contributed by atoms with Crippen molar-refractivity contribution in [3.63, 3.8) is 0 Å². The standard InChI is InChI=1S/C21H24N6O2/c22-11-17-2-1-16(12-24-17)20(29)26-9-6-21(7-10-26)5-3-19(28)27(14-21)8-4-18-13-23-15-25-18/h1-2,12-13,15H,3-10,14H2,(H,23,25). The molecule has 8 heteroatoms. The van der Waals surface area contributed by atoms with Crippen LogP contribution in [0, 0.1) is 16.7 Å². The SMILES string of the molecule is N#Cc1ccc(C(=O)N2CCC3(CCC(=O)N(CCc4cnc[nH]4)C3)CC2)cn1. The van der Waals surface area contributed by atoms with Crippen LogP contribution < -0.4 is 0 Å². The second kappa shape index (κ2) is 8.03. The summed E-state index contributed by atoms with van der Waals surface area (Å²) in [7, 11) is 0. The quantitative estimate of drug-likeness (QED) is 0.853. The largest absolute Gasteiger partial charge is 0.348 e. The van der Waals surface area contributed by atoms with Gasteiger partial charge in [-0.05, 0) is 36.8 Å². The molecule has 0 unspecified atom stereocenters. The van der Waals surface area contributed by atoms with Crippen LogP contribution in [0.1, 0.15) is 47.4 Å². The molecule has 4 heterocycles. The molecule has 2 fully saturated rings. The van der Waals surface area contributed by atoms with Crippen LogP contribution in [0.4, 0.5) is 0 Å². The maximum atomic E-state index is 12.7. The van der Waals surface area contributed by atoms with E-state index in [0.29, 0.717) is 37.3 Å². The van der Waals surface area contributed by atoms with Crippen molar-refractivity contribution in [1.82, 2.24) is 24.8 Å². The molecule has 8 nitrogen and oxygen atoms in total. The summed E-state index contributed by atoms with van der Waals surface area (Å²) >= 11 is 0. The Kier molecular flexibility index (Phi) is 5.30. The molecule has 2 amide bonds. The van der Waals surface area contributed by atoms with Crippen molar-refractivity contribution in [3.8, 4) is 6.07 Å². The normalized spacial score (nSPS) is 18.7. The maximum absolute atomic E-state index is 12.7. The first kappa shape index (κ1) is 19.1. The minimum Gasteiger partial charge on any atom is -0.348 e. The van der Waals surface area contributed by atoms with Gasteiger partial charge in [0.05, 0.1) is 11.9 Å². The summed E-state index contributed by atoms with van der Waals surface area (Å²) in [5, 5.41) is 8.85. The van der Waals surface area contributed by atoms with Crippen LogP contribution in [-0.2, 0) is 11.2 Å². The van der Waals surface area contributed by atoms with Gasteiger partial charge in [0.1, 0.15) is 11.8 Å². The molecule has 2 aromatic rings. The van der Waals surface area contributed by atoms with E-state index in [9.17, 15) is 9.59 Å². The first-order chi connectivity index (χ1) is 14.1. The van der Waals surface area contributed by atoms with Gasteiger partial charge < -0.3 is 14.8 Å². The number of pyridine rings is 1. The molecule has 1 N–H and O–H groups in total. The molecule has 2 saturated heterocycles. The Hall–Kier alpha value is -3.21. The number of piperidine rings is 2. The molecule has 2 aromatic heterocycles. The van der Waals surface area contributed by atoms with Crippen molar-refractivity contribution in [2.45, 2.75) is 32.1 Å². The number of nitrogens with zero attached hydrogens (tertiary/aromatic N) is 5. The summed E-state index contributed by atoms with van der Waals surface area (Å²) in [5.74, 6) is 0.178. The Balaban J connectivity index is 1.35. The highest BCUT2D eigenvalue weighted by atomic mass is 16.2. The molecular formula is C21H24N6O2. The highest BCUT2D eigenvalue weighted by molar-refractivity contribution is 5.94. The van der Waals surface area contributed by atoms with Crippen LogP contribution in [0.5, 0.6) is 0 Å². The Morgan fingerprint density at radius 1 is 1.24 bits per heavy atom. The summed E-state index contributed by atoms with van der Waals surface area (Å²) in [6.07, 6.45) is 8.98. The lowest BCUT2D eigenvalue weighted by Gasteiger charge is -2.47. The van der Waals surface area contributed by atoms with Crippen LogP contribution in [0.3, 0.4) is 0 Å². The third kappa shape index (κ3) is 4.14. The number of rotatable bonds is 4. The zero-order valence-electron chi connectivity index (χ0n) is 16.3. The number of nitriles is 1.